The topological polar surface area (TPSA) is 20.2 Å². The molecule has 90 valence electrons. The molecule has 1 N–H and O–H groups in total. The molecule has 0 saturated carbocycles. The molecule has 0 fully saturated rings. The standard InChI is InChI=1S/C14H28O/c1-3-5-6-7-8-9-10-11-14(4-2)12-13-15/h12,15H,3-11,13H2,1-2H3. The van der Waals surface area contributed by atoms with Crippen LogP contribution in [0.4, 0.5) is 0 Å². The van der Waals surface area contributed by atoms with E-state index < -0.39 is 0 Å². The molecule has 0 aliphatic heterocycles. The van der Waals surface area contributed by atoms with E-state index in [0.29, 0.717) is 0 Å². The van der Waals surface area contributed by atoms with Gasteiger partial charge in [-0.15, -0.1) is 0 Å². The predicted octanol–water partition coefficient (Wildman–Crippen LogP) is 4.46. The number of hydrogen-bond donors (Lipinski definition) is 1. The third-order valence-electron chi connectivity index (χ3n) is 2.94. The Balaban J connectivity index is 3.25. The van der Waals surface area contributed by atoms with Crippen LogP contribution >= 0.6 is 0 Å². The summed E-state index contributed by atoms with van der Waals surface area (Å²) in [6.07, 6.45) is 13.8. The van der Waals surface area contributed by atoms with Gasteiger partial charge in [0.05, 0.1) is 6.61 Å². The first kappa shape index (κ1) is 14.7. The van der Waals surface area contributed by atoms with E-state index in [2.05, 4.69) is 13.8 Å². The van der Waals surface area contributed by atoms with Crippen LogP contribution in [0.1, 0.15) is 71.6 Å². The van der Waals surface area contributed by atoms with Gasteiger partial charge >= 0.3 is 0 Å². The molecule has 0 aliphatic carbocycles. The van der Waals surface area contributed by atoms with Crippen molar-refractivity contribution < 1.29 is 5.11 Å². The zero-order chi connectivity index (χ0) is 11.4. The lowest BCUT2D eigenvalue weighted by atomic mass is 10.0. The van der Waals surface area contributed by atoms with Gasteiger partial charge in [-0.25, -0.2) is 0 Å². The van der Waals surface area contributed by atoms with Gasteiger partial charge in [0.15, 0.2) is 0 Å². The van der Waals surface area contributed by atoms with Crippen molar-refractivity contribution >= 4 is 0 Å². The van der Waals surface area contributed by atoms with Gasteiger partial charge in [-0.2, -0.15) is 0 Å². The van der Waals surface area contributed by atoms with E-state index in [0.717, 1.165) is 6.42 Å². The lowest BCUT2D eigenvalue weighted by molar-refractivity contribution is 0.341. The van der Waals surface area contributed by atoms with Gasteiger partial charge < -0.3 is 5.11 Å². The van der Waals surface area contributed by atoms with Crippen LogP contribution in [-0.2, 0) is 0 Å². The van der Waals surface area contributed by atoms with Crippen molar-refractivity contribution in [2.24, 2.45) is 0 Å². The lowest BCUT2D eigenvalue weighted by Gasteiger charge is -2.04. The van der Waals surface area contributed by atoms with E-state index in [4.69, 9.17) is 5.11 Å². The Morgan fingerprint density at radius 1 is 0.933 bits per heavy atom. The van der Waals surface area contributed by atoms with E-state index in [1.807, 2.05) is 6.08 Å². The van der Waals surface area contributed by atoms with Crippen molar-refractivity contribution in [3.8, 4) is 0 Å². The second kappa shape index (κ2) is 11.8. The fourth-order valence-electron chi connectivity index (χ4n) is 1.86. The van der Waals surface area contributed by atoms with Gasteiger partial charge in [0, 0.05) is 0 Å². The summed E-state index contributed by atoms with van der Waals surface area (Å²) in [5, 5.41) is 8.79. The summed E-state index contributed by atoms with van der Waals surface area (Å²) in [4.78, 5) is 0. The van der Waals surface area contributed by atoms with Gasteiger partial charge in [0.2, 0.25) is 0 Å². The van der Waals surface area contributed by atoms with Crippen LogP contribution in [0.15, 0.2) is 11.6 Å². The minimum absolute atomic E-state index is 0.208. The van der Waals surface area contributed by atoms with Gasteiger partial charge in [-0.1, -0.05) is 64.0 Å². The van der Waals surface area contributed by atoms with Crippen molar-refractivity contribution in [1.82, 2.24) is 0 Å². The van der Waals surface area contributed by atoms with Crippen LogP contribution in [0.3, 0.4) is 0 Å². The summed E-state index contributed by atoms with van der Waals surface area (Å²) in [5.41, 5.74) is 1.42. The van der Waals surface area contributed by atoms with E-state index >= 15 is 0 Å². The Hall–Kier alpha value is -0.300. The van der Waals surface area contributed by atoms with Gasteiger partial charge in [-0.3, -0.25) is 0 Å². The molecule has 0 aliphatic rings. The minimum Gasteiger partial charge on any atom is -0.392 e. The van der Waals surface area contributed by atoms with E-state index in [1.165, 1.54) is 56.9 Å². The van der Waals surface area contributed by atoms with Crippen LogP contribution in [0.25, 0.3) is 0 Å². The van der Waals surface area contributed by atoms with Crippen LogP contribution in [0.5, 0.6) is 0 Å². The van der Waals surface area contributed by atoms with Crippen LogP contribution in [0.2, 0.25) is 0 Å². The number of rotatable bonds is 10. The smallest absolute Gasteiger partial charge is 0.0615 e. The van der Waals surface area contributed by atoms with Gasteiger partial charge in [-0.05, 0) is 19.3 Å². The normalized spacial score (nSPS) is 12.1. The largest absolute Gasteiger partial charge is 0.392 e. The first-order chi connectivity index (χ1) is 7.35. The lowest BCUT2D eigenvalue weighted by Crippen LogP contribution is -1.86. The first-order valence-corrected chi connectivity index (χ1v) is 6.63. The summed E-state index contributed by atoms with van der Waals surface area (Å²) in [6.45, 7) is 4.63. The summed E-state index contributed by atoms with van der Waals surface area (Å²) < 4.78 is 0. The average Bonchev–Trinajstić information content (AvgIpc) is 2.26. The Kier molecular flexibility index (Phi) is 11.5. The number of allylic oxidation sites excluding steroid dienone is 1. The molecule has 0 aromatic heterocycles. The van der Waals surface area contributed by atoms with Crippen molar-refractivity contribution in [3.05, 3.63) is 11.6 Å². The number of hydrogen-bond acceptors (Lipinski definition) is 1. The summed E-state index contributed by atoms with van der Waals surface area (Å²) in [7, 11) is 0. The van der Waals surface area contributed by atoms with Crippen LogP contribution < -0.4 is 0 Å². The molecule has 0 unspecified atom stereocenters. The molecule has 0 aromatic carbocycles. The van der Waals surface area contributed by atoms with Crippen molar-refractivity contribution in [3.63, 3.8) is 0 Å². The third-order valence-corrected chi connectivity index (χ3v) is 2.94. The molecule has 0 spiro atoms. The molecule has 0 bridgehead atoms. The SMILES string of the molecule is CCCCCCCCCC(=CCO)CC. The fourth-order valence-corrected chi connectivity index (χ4v) is 1.86. The number of aliphatic hydroxyl groups is 1. The zero-order valence-electron chi connectivity index (χ0n) is 10.6. The maximum absolute atomic E-state index is 8.79. The number of aliphatic hydroxyl groups excluding tert-OH is 1. The molecule has 0 heterocycles. The van der Waals surface area contributed by atoms with E-state index in [-0.39, 0.29) is 6.61 Å². The Morgan fingerprint density at radius 2 is 1.53 bits per heavy atom. The maximum atomic E-state index is 8.79. The van der Waals surface area contributed by atoms with E-state index in [1.54, 1.807) is 0 Å². The second-order valence-corrected chi connectivity index (χ2v) is 4.27. The summed E-state index contributed by atoms with van der Waals surface area (Å²) in [5.74, 6) is 0. The second-order valence-electron chi connectivity index (χ2n) is 4.27. The minimum atomic E-state index is 0.208. The summed E-state index contributed by atoms with van der Waals surface area (Å²) in [6, 6.07) is 0. The summed E-state index contributed by atoms with van der Waals surface area (Å²) >= 11 is 0. The Labute approximate surface area is 95.6 Å². The molecule has 0 atom stereocenters. The van der Waals surface area contributed by atoms with Gasteiger partial charge in [0.25, 0.3) is 0 Å². The molecule has 0 aromatic rings. The van der Waals surface area contributed by atoms with Crippen LogP contribution in [-0.4, -0.2) is 11.7 Å². The van der Waals surface area contributed by atoms with Crippen molar-refractivity contribution in [2.45, 2.75) is 71.6 Å². The van der Waals surface area contributed by atoms with Crippen molar-refractivity contribution in [2.75, 3.05) is 6.61 Å². The highest BCUT2D eigenvalue weighted by molar-refractivity contribution is 5.00. The molecule has 1 nitrogen and oxygen atoms in total. The molecule has 0 rings (SSSR count). The highest BCUT2D eigenvalue weighted by atomic mass is 16.2. The van der Waals surface area contributed by atoms with Crippen LogP contribution in [0, 0.1) is 0 Å². The highest BCUT2D eigenvalue weighted by Gasteiger charge is 1.95. The predicted molar refractivity (Wildman–Crippen MR) is 68.1 cm³/mol. The third kappa shape index (κ3) is 9.99. The molecular weight excluding hydrogens is 184 g/mol. The molecule has 1 heteroatoms. The molecule has 0 saturated heterocycles. The van der Waals surface area contributed by atoms with Crippen molar-refractivity contribution in [1.29, 1.82) is 0 Å². The Morgan fingerprint density at radius 3 is 2.07 bits per heavy atom. The van der Waals surface area contributed by atoms with E-state index in [9.17, 15) is 0 Å². The molecule has 0 radical (unpaired) electrons. The Bertz CT molecular complexity index is 149. The molecule has 0 amide bonds. The monoisotopic (exact) mass is 212 g/mol. The highest BCUT2D eigenvalue weighted by Crippen LogP contribution is 2.14. The maximum Gasteiger partial charge on any atom is 0.0615 e. The van der Waals surface area contributed by atoms with Gasteiger partial charge in [0.1, 0.15) is 0 Å². The fraction of sp³-hybridized carbons (Fsp3) is 0.857. The first-order valence-electron chi connectivity index (χ1n) is 6.63. The molecular formula is C14H28O. The quantitative estimate of drug-likeness (QED) is 0.419. The zero-order valence-corrected chi connectivity index (χ0v) is 10.6. The molecule has 15 heavy (non-hydrogen) atoms. The average molecular weight is 212 g/mol. The number of unbranched alkanes of at least 4 members (excludes halogenated alkanes) is 6.